The fourth-order valence-electron chi connectivity index (χ4n) is 2.61. The smallest absolute Gasteiger partial charge is 0.246 e. The van der Waals surface area contributed by atoms with Gasteiger partial charge in [-0.1, -0.05) is 30.3 Å². The highest BCUT2D eigenvalue weighted by atomic mass is 15.5. The summed E-state index contributed by atoms with van der Waals surface area (Å²) < 4.78 is 1.97. The van der Waals surface area contributed by atoms with Gasteiger partial charge >= 0.3 is 0 Å². The van der Waals surface area contributed by atoms with Crippen molar-refractivity contribution in [3.63, 3.8) is 0 Å². The van der Waals surface area contributed by atoms with E-state index in [1.54, 1.807) is 0 Å². The molecule has 3 aromatic rings. The van der Waals surface area contributed by atoms with Gasteiger partial charge in [-0.25, -0.2) is 4.52 Å². The van der Waals surface area contributed by atoms with Crippen molar-refractivity contribution in [3.05, 3.63) is 36.4 Å². The van der Waals surface area contributed by atoms with E-state index in [9.17, 15) is 0 Å². The summed E-state index contributed by atoms with van der Waals surface area (Å²) in [5, 5.41) is 15.3. The summed E-state index contributed by atoms with van der Waals surface area (Å²) in [6.07, 6.45) is 0. The van der Waals surface area contributed by atoms with Gasteiger partial charge in [0.05, 0.1) is 5.69 Å². The zero-order valence-corrected chi connectivity index (χ0v) is 11.1. The van der Waals surface area contributed by atoms with Crippen LogP contribution in [-0.4, -0.2) is 46.0 Å². The van der Waals surface area contributed by atoms with Crippen LogP contribution in [0.2, 0.25) is 0 Å². The fourth-order valence-corrected chi connectivity index (χ4v) is 2.61. The largest absolute Gasteiger partial charge is 0.337 e. The van der Waals surface area contributed by atoms with E-state index in [2.05, 4.69) is 37.6 Å². The standard InChI is InChI=1S/C14H16N6/c1-2-4-11(5-3-1)12-10-13-16-17-14(20(13)18-12)19-8-6-15-7-9-19/h1-5,10,15,18H,6-9H2. The van der Waals surface area contributed by atoms with E-state index >= 15 is 0 Å². The highest BCUT2D eigenvalue weighted by Crippen LogP contribution is 2.21. The van der Waals surface area contributed by atoms with Gasteiger partial charge in [0.15, 0.2) is 5.65 Å². The molecule has 0 radical (unpaired) electrons. The van der Waals surface area contributed by atoms with Crippen LogP contribution in [0.1, 0.15) is 0 Å². The van der Waals surface area contributed by atoms with Gasteiger partial charge in [-0.2, -0.15) is 0 Å². The first-order valence-electron chi connectivity index (χ1n) is 6.87. The quantitative estimate of drug-likeness (QED) is 0.731. The zero-order valence-electron chi connectivity index (χ0n) is 11.1. The van der Waals surface area contributed by atoms with Gasteiger partial charge in [-0.15, -0.1) is 10.2 Å². The molecule has 1 aliphatic rings. The molecular formula is C14H16N6. The second-order valence-corrected chi connectivity index (χ2v) is 4.97. The number of hydrogen-bond donors (Lipinski definition) is 2. The Balaban J connectivity index is 1.75. The Kier molecular flexibility index (Phi) is 2.67. The third kappa shape index (κ3) is 1.85. The van der Waals surface area contributed by atoms with Gasteiger partial charge in [0.2, 0.25) is 5.95 Å². The third-order valence-corrected chi connectivity index (χ3v) is 3.66. The number of hydrogen-bond acceptors (Lipinski definition) is 4. The van der Waals surface area contributed by atoms with Gasteiger partial charge in [0.25, 0.3) is 0 Å². The lowest BCUT2D eigenvalue weighted by Gasteiger charge is -2.26. The Morgan fingerprint density at radius 1 is 1.00 bits per heavy atom. The van der Waals surface area contributed by atoms with Crippen LogP contribution in [0.25, 0.3) is 16.9 Å². The van der Waals surface area contributed by atoms with E-state index < -0.39 is 0 Å². The van der Waals surface area contributed by atoms with Crippen LogP contribution >= 0.6 is 0 Å². The lowest BCUT2D eigenvalue weighted by atomic mass is 10.2. The maximum absolute atomic E-state index is 4.29. The Labute approximate surface area is 116 Å². The highest BCUT2D eigenvalue weighted by Gasteiger charge is 2.18. The molecule has 2 N–H and O–H groups in total. The molecule has 2 aromatic heterocycles. The Morgan fingerprint density at radius 3 is 2.60 bits per heavy atom. The molecule has 0 saturated carbocycles. The first-order valence-corrected chi connectivity index (χ1v) is 6.87. The van der Waals surface area contributed by atoms with Crippen molar-refractivity contribution in [2.24, 2.45) is 0 Å². The molecule has 0 atom stereocenters. The van der Waals surface area contributed by atoms with Crippen LogP contribution < -0.4 is 10.2 Å². The number of benzene rings is 1. The molecule has 0 spiro atoms. The number of anilines is 1. The van der Waals surface area contributed by atoms with Crippen LogP contribution in [0.3, 0.4) is 0 Å². The number of aromatic nitrogens is 4. The van der Waals surface area contributed by atoms with E-state index in [1.807, 2.05) is 28.8 Å². The van der Waals surface area contributed by atoms with Gasteiger partial charge in [-0.05, 0) is 5.56 Å². The number of aromatic amines is 1. The van der Waals surface area contributed by atoms with E-state index in [0.29, 0.717) is 0 Å². The van der Waals surface area contributed by atoms with Crippen LogP contribution in [0.4, 0.5) is 5.95 Å². The fraction of sp³-hybridized carbons (Fsp3) is 0.286. The first-order chi connectivity index (χ1) is 9.92. The van der Waals surface area contributed by atoms with Crippen molar-refractivity contribution in [3.8, 4) is 11.3 Å². The number of nitrogens with zero attached hydrogens (tertiary/aromatic N) is 4. The molecule has 1 aliphatic heterocycles. The summed E-state index contributed by atoms with van der Waals surface area (Å²) >= 11 is 0. The van der Waals surface area contributed by atoms with Gasteiger partial charge < -0.3 is 10.2 Å². The first kappa shape index (κ1) is 11.5. The molecule has 0 aliphatic carbocycles. The normalized spacial score (nSPS) is 15.9. The molecule has 3 heterocycles. The minimum absolute atomic E-state index is 0.859. The predicted molar refractivity (Wildman–Crippen MR) is 77.9 cm³/mol. The van der Waals surface area contributed by atoms with Crippen LogP contribution in [0, 0.1) is 0 Å². The van der Waals surface area contributed by atoms with E-state index in [0.717, 1.165) is 49.0 Å². The molecule has 4 rings (SSSR count). The molecule has 0 unspecified atom stereocenters. The number of rotatable bonds is 2. The minimum Gasteiger partial charge on any atom is -0.337 e. The Morgan fingerprint density at radius 2 is 1.80 bits per heavy atom. The maximum atomic E-state index is 4.29. The number of nitrogens with one attached hydrogen (secondary N) is 2. The average Bonchev–Trinajstić information content (AvgIpc) is 3.09. The number of piperazine rings is 1. The van der Waals surface area contributed by atoms with Crippen molar-refractivity contribution in [1.29, 1.82) is 0 Å². The Bertz CT molecular complexity index is 708. The molecule has 6 nitrogen and oxygen atoms in total. The minimum atomic E-state index is 0.859. The topological polar surface area (TPSA) is 61.3 Å². The van der Waals surface area contributed by atoms with Crippen molar-refractivity contribution < 1.29 is 0 Å². The number of H-pyrrole nitrogens is 1. The molecule has 0 amide bonds. The second-order valence-electron chi connectivity index (χ2n) is 4.97. The molecule has 102 valence electrons. The molecule has 1 fully saturated rings. The lowest BCUT2D eigenvalue weighted by Crippen LogP contribution is -2.44. The third-order valence-electron chi connectivity index (χ3n) is 3.66. The summed E-state index contributed by atoms with van der Waals surface area (Å²) in [6, 6.07) is 12.3. The van der Waals surface area contributed by atoms with E-state index in [4.69, 9.17) is 0 Å². The Hall–Kier alpha value is -2.34. The van der Waals surface area contributed by atoms with Gasteiger partial charge in [0, 0.05) is 32.2 Å². The maximum Gasteiger partial charge on any atom is 0.246 e. The molecule has 0 bridgehead atoms. The lowest BCUT2D eigenvalue weighted by molar-refractivity contribution is 0.575. The van der Waals surface area contributed by atoms with Crippen molar-refractivity contribution >= 4 is 11.6 Å². The molecule has 1 saturated heterocycles. The summed E-state index contributed by atoms with van der Waals surface area (Å²) in [7, 11) is 0. The predicted octanol–water partition coefficient (Wildman–Crippen LogP) is 1.13. The summed E-state index contributed by atoms with van der Waals surface area (Å²) in [5.41, 5.74) is 3.08. The van der Waals surface area contributed by atoms with Crippen LogP contribution in [-0.2, 0) is 0 Å². The molecule has 1 aromatic carbocycles. The zero-order chi connectivity index (χ0) is 13.4. The summed E-state index contributed by atoms with van der Waals surface area (Å²) in [4.78, 5) is 2.25. The molecule has 20 heavy (non-hydrogen) atoms. The van der Waals surface area contributed by atoms with Crippen LogP contribution in [0.15, 0.2) is 36.4 Å². The van der Waals surface area contributed by atoms with Gasteiger partial charge in [0.1, 0.15) is 0 Å². The summed E-state index contributed by atoms with van der Waals surface area (Å²) in [5.74, 6) is 0.892. The van der Waals surface area contributed by atoms with Crippen molar-refractivity contribution in [2.75, 3.05) is 31.1 Å². The molecular weight excluding hydrogens is 252 g/mol. The second kappa shape index (κ2) is 4.64. The SMILES string of the molecule is c1ccc(-c2cc3nnc(N4CCNCC4)n3[nH]2)cc1. The van der Waals surface area contributed by atoms with Crippen molar-refractivity contribution in [1.82, 2.24) is 25.1 Å². The van der Waals surface area contributed by atoms with E-state index in [-0.39, 0.29) is 0 Å². The number of fused-ring (bicyclic) bond motifs is 1. The highest BCUT2D eigenvalue weighted by molar-refractivity contribution is 5.65. The van der Waals surface area contributed by atoms with Gasteiger partial charge in [-0.3, -0.25) is 5.10 Å². The van der Waals surface area contributed by atoms with Crippen LogP contribution in [0.5, 0.6) is 0 Å². The van der Waals surface area contributed by atoms with Crippen molar-refractivity contribution in [2.45, 2.75) is 0 Å². The molecule has 6 heteroatoms. The van der Waals surface area contributed by atoms with E-state index in [1.165, 1.54) is 0 Å². The monoisotopic (exact) mass is 268 g/mol. The average molecular weight is 268 g/mol. The summed E-state index contributed by atoms with van der Waals surface area (Å²) in [6.45, 7) is 3.89.